The molecule has 1 N–H and O–H groups in total. The fraction of sp³-hybridized carbons (Fsp3) is 0.227. The average Bonchev–Trinajstić information content (AvgIpc) is 3.01. The summed E-state index contributed by atoms with van der Waals surface area (Å²) in [5.74, 6) is 0.00887. The smallest absolute Gasteiger partial charge is 0.349 e. The molecule has 1 amide bonds. The summed E-state index contributed by atoms with van der Waals surface area (Å²) >= 11 is 7.89. The molecule has 5 nitrogen and oxygen atoms in total. The van der Waals surface area contributed by atoms with E-state index < -0.39 is 11.6 Å². The lowest BCUT2D eigenvalue weighted by Crippen LogP contribution is -2.39. The molecule has 1 fully saturated rings. The highest BCUT2D eigenvalue weighted by Crippen LogP contribution is 2.35. The number of carbonyl (C=O) groups excluding carboxylic acids is 2. The molecule has 30 heavy (non-hydrogen) atoms. The van der Waals surface area contributed by atoms with Crippen LogP contribution in [0.2, 0.25) is 0 Å². The van der Waals surface area contributed by atoms with E-state index in [1.807, 2.05) is 54.6 Å². The fourth-order valence-corrected chi connectivity index (χ4v) is 4.55. The van der Waals surface area contributed by atoms with Gasteiger partial charge < -0.3 is 14.8 Å². The van der Waals surface area contributed by atoms with Gasteiger partial charge in [0.25, 0.3) is 5.91 Å². The maximum atomic E-state index is 12.0. The Bertz CT molecular complexity index is 1000. The molecule has 0 spiro atoms. The first-order valence-corrected chi connectivity index (χ1v) is 11.3. The number of rotatable bonds is 7. The number of ether oxygens (including phenoxy) is 2. The van der Waals surface area contributed by atoms with Crippen molar-refractivity contribution in [3.63, 3.8) is 0 Å². The molecule has 0 radical (unpaired) electrons. The first kappa shape index (κ1) is 22.4. The van der Waals surface area contributed by atoms with E-state index >= 15 is 0 Å². The number of benzene rings is 2. The van der Waals surface area contributed by atoms with Crippen LogP contribution in [-0.4, -0.2) is 28.4 Å². The molecule has 0 aromatic heterocycles. The normalized spacial score (nSPS) is 15.2. The summed E-state index contributed by atoms with van der Waals surface area (Å²) in [5.41, 5.74) is -0.127. The van der Waals surface area contributed by atoms with Crippen molar-refractivity contribution >= 4 is 58.0 Å². The van der Waals surface area contributed by atoms with Gasteiger partial charge in [0, 0.05) is 9.79 Å². The zero-order chi connectivity index (χ0) is 21.7. The van der Waals surface area contributed by atoms with Crippen molar-refractivity contribution in [3.05, 3.63) is 59.0 Å². The maximum Gasteiger partial charge on any atom is 0.349 e. The quantitative estimate of drug-likeness (QED) is 0.353. The Morgan fingerprint density at radius 1 is 1.20 bits per heavy atom. The molecule has 2 aromatic carbocycles. The third kappa shape index (κ3) is 5.65. The Morgan fingerprint density at radius 2 is 1.90 bits per heavy atom. The number of thioether (sulfide) groups is 1. The molecule has 8 heteroatoms. The summed E-state index contributed by atoms with van der Waals surface area (Å²) in [6, 6.07) is 15.3. The second-order valence-corrected chi connectivity index (χ2v) is 9.63. The molecular weight excluding hydrogens is 438 g/mol. The lowest BCUT2D eigenvalue weighted by atomic mass is 10.1. The summed E-state index contributed by atoms with van der Waals surface area (Å²) in [6.07, 6.45) is 1.85. The summed E-state index contributed by atoms with van der Waals surface area (Å²) in [4.78, 5) is 26.6. The summed E-state index contributed by atoms with van der Waals surface area (Å²) in [5, 5.41) is 2.63. The van der Waals surface area contributed by atoms with Gasteiger partial charge in [0.05, 0.1) is 11.5 Å². The van der Waals surface area contributed by atoms with E-state index in [4.69, 9.17) is 21.7 Å². The van der Waals surface area contributed by atoms with Crippen LogP contribution in [-0.2, 0) is 14.3 Å². The van der Waals surface area contributed by atoms with Crippen LogP contribution in [0, 0.1) is 0 Å². The van der Waals surface area contributed by atoms with Crippen LogP contribution in [0.15, 0.2) is 63.2 Å². The third-order valence-corrected chi connectivity index (χ3v) is 6.30. The van der Waals surface area contributed by atoms with Crippen molar-refractivity contribution in [2.45, 2.75) is 36.2 Å². The molecule has 0 aliphatic carbocycles. The summed E-state index contributed by atoms with van der Waals surface area (Å²) < 4.78 is 11.3. The largest absolute Gasteiger partial charge is 0.476 e. The maximum absolute atomic E-state index is 12.0. The number of esters is 1. The van der Waals surface area contributed by atoms with E-state index in [9.17, 15) is 9.59 Å². The van der Waals surface area contributed by atoms with E-state index in [1.165, 1.54) is 11.8 Å². The van der Waals surface area contributed by atoms with Gasteiger partial charge >= 0.3 is 5.97 Å². The standard InChI is InChI=1S/C22H21NO4S3/c1-4-26-20(25)22(2,3)27-15-9-11-16(12-10-15)29-17-8-6-5-7-14(17)13-18-19(24)23-21(28)30-18/h5-13H,4H2,1-3H3,(H,23,24,28). The van der Waals surface area contributed by atoms with Crippen LogP contribution in [0.4, 0.5) is 0 Å². The van der Waals surface area contributed by atoms with Gasteiger partial charge in [0.1, 0.15) is 10.1 Å². The second kappa shape index (κ2) is 9.68. The van der Waals surface area contributed by atoms with Crippen molar-refractivity contribution < 1.29 is 19.1 Å². The Kier molecular flexibility index (Phi) is 7.23. The molecule has 0 saturated carbocycles. The molecule has 156 valence electrons. The van der Waals surface area contributed by atoms with Crippen LogP contribution in [0.25, 0.3) is 6.08 Å². The summed E-state index contributed by atoms with van der Waals surface area (Å²) in [6.45, 7) is 5.43. The van der Waals surface area contributed by atoms with Gasteiger partial charge in [-0.15, -0.1) is 0 Å². The van der Waals surface area contributed by atoms with Gasteiger partial charge in [-0.1, -0.05) is 53.9 Å². The predicted molar refractivity (Wildman–Crippen MR) is 125 cm³/mol. The molecular formula is C22H21NO4S3. The first-order chi connectivity index (χ1) is 14.3. The predicted octanol–water partition coefficient (Wildman–Crippen LogP) is 5.05. The van der Waals surface area contributed by atoms with Crippen molar-refractivity contribution in [1.82, 2.24) is 5.32 Å². The molecule has 1 aliphatic heterocycles. The minimum absolute atomic E-state index is 0.171. The zero-order valence-corrected chi connectivity index (χ0v) is 19.2. The van der Waals surface area contributed by atoms with Gasteiger partial charge in [0.15, 0.2) is 5.60 Å². The lowest BCUT2D eigenvalue weighted by Gasteiger charge is -2.24. The second-order valence-electron chi connectivity index (χ2n) is 6.80. The minimum atomic E-state index is -1.07. The van der Waals surface area contributed by atoms with Crippen LogP contribution in [0.5, 0.6) is 5.75 Å². The highest BCUT2D eigenvalue weighted by atomic mass is 32.2. The minimum Gasteiger partial charge on any atom is -0.476 e. The average molecular weight is 460 g/mol. The molecule has 3 rings (SSSR count). The number of nitrogens with one attached hydrogen (secondary N) is 1. The van der Waals surface area contributed by atoms with E-state index in [0.717, 1.165) is 15.4 Å². The van der Waals surface area contributed by atoms with Gasteiger partial charge in [0.2, 0.25) is 0 Å². The van der Waals surface area contributed by atoms with E-state index in [0.29, 0.717) is 21.6 Å². The van der Waals surface area contributed by atoms with Crippen molar-refractivity contribution in [2.24, 2.45) is 0 Å². The van der Waals surface area contributed by atoms with E-state index in [1.54, 1.807) is 32.5 Å². The van der Waals surface area contributed by atoms with E-state index in [-0.39, 0.29) is 5.91 Å². The molecule has 1 aliphatic rings. The molecule has 1 heterocycles. The molecule has 2 aromatic rings. The molecule has 0 atom stereocenters. The fourth-order valence-electron chi connectivity index (χ4n) is 2.60. The monoisotopic (exact) mass is 459 g/mol. The zero-order valence-electron chi connectivity index (χ0n) is 16.8. The highest BCUT2D eigenvalue weighted by Gasteiger charge is 2.31. The Balaban J connectivity index is 1.74. The summed E-state index contributed by atoms with van der Waals surface area (Å²) in [7, 11) is 0. The first-order valence-electron chi connectivity index (χ1n) is 9.26. The Hall–Kier alpha value is -2.29. The topological polar surface area (TPSA) is 64.6 Å². The van der Waals surface area contributed by atoms with Crippen LogP contribution < -0.4 is 10.1 Å². The number of thiocarbonyl (C=S) groups is 1. The van der Waals surface area contributed by atoms with E-state index in [2.05, 4.69) is 5.32 Å². The van der Waals surface area contributed by atoms with Gasteiger partial charge in [-0.3, -0.25) is 4.79 Å². The van der Waals surface area contributed by atoms with Gasteiger partial charge in [-0.05, 0) is 62.7 Å². The van der Waals surface area contributed by atoms with Crippen molar-refractivity contribution in [3.8, 4) is 5.75 Å². The number of hydrogen-bond acceptors (Lipinski definition) is 7. The SMILES string of the molecule is CCOC(=O)C(C)(C)Oc1ccc(Sc2ccccc2C=C2SC(=S)NC2=O)cc1. The molecule has 1 saturated heterocycles. The highest BCUT2D eigenvalue weighted by molar-refractivity contribution is 8.26. The Morgan fingerprint density at radius 3 is 2.53 bits per heavy atom. The number of carbonyl (C=O) groups is 2. The Labute approximate surface area is 189 Å². The molecule has 0 bridgehead atoms. The van der Waals surface area contributed by atoms with Crippen LogP contribution >= 0.6 is 35.7 Å². The lowest BCUT2D eigenvalue weighted by molar-refractivity contribution is -0.158. The van der Waals surface area contributed by atoms with Crippen molar-refractivity contribution in [1.29, 1.82) is 0 Å². The van der Waals surface area contributed by atoms with Crippen molar-refractivity contribution in [2.75, 3.05) is 6.61 Å². The third-order valence-electron chi connectivity index (χ3n) is 4.04. The number of amides is 1. The van der Waals surface area contributed by atoms with Gasteiger partial charge in [-0.25, -0.2) is 4.79 Å². The van der Waals surface area contributed by atoms with Crippen LogP contribution in [0.3, 0.4) is 0 Å². The van der Waals surface area contributed by atoms with Gasteiger partial charge in [-0.2, -0.15) is 0 Å². The molecule has 0 unspecified atom stereocenters. The van der Waals surface area contributed by atoms with Crippen LogP contribution in [0.1, 0.15) is 26.3 Å². The number of hydrogen-bond donors (Lipinski definition) is 1.